The van der Waals surface area contributed by atoms with Crippen LogP contribution in [-0.4, -0.2) is 25.2 Å². The Labute approximate surface area is 116 Å². The van der Waals surface area contributed by atoms with Gasteiger partial charge in [-0.15, -0.1) is 0 Å². The maximum atomic E-state index is 12.0. The van der Waals surface area contributed by atoms with E-state index in [2.05, 4.69) is 6.92 Å². The molecule has 0 fully saturated rings. The molecule has 0 aliphatic heterocycles. The van der Waals surface area contributed by atoms with Crippen molar-refractivity contribution in [1.29, 1.82) is 0 Å². The molecule has 0 aromatic rings. The summed E-state index contributed by atoms with van der Waals surface area (Å²) in [6.45, 7) is 9.72. The fraction of sp³-hybridized carbons (Fsp3) is 0.733. The van der Waals surface area contributed by atoms with E-state index in [4.69, 9.17) is 9.47 Å². The van der Waals surface area contributed by atoms with Gasteiger partial charge in [-0.1, -0.05) is 39.3 Å². The molecule has 0 bridgehead atoms. The van der Waals surface area contributed by atoms with Crippen molar-refractivity contribution in [2.24, 2.45) is 11.3 Å². The summed E-state index contributed by atoms with van der Waals surface area (Å²) in [7, 11) is 0. The van der Waals surface area contributed by atoms with E-state index < -0.39 is 23.3 Å². The van der Waals surface area contributed by atoms with E-state index in [1.807, 2.05) is 26.0 Å². The van der Waals surface area contributed by atoms with Crippen molar-refractivity contribution in [2.45, 2.75) is 47.5 Å². The number of carbonyl (C=O) groups is 2. The molecule has 4 nitrogen and oxygen atoms in total. The van der Waals surface area contributed by atoms with Gasteiger partial charge in [0.2, 0.25) is 0 Å². The van der Waals surface area contributed by atoms with E-state index in [0.29, 0.717) is 0 Å². The van der Waals surface area contributed by atoms with E-state index in [-0.39, 0.29) is 13.2 Å². The number of esters is 2. The fourth-order valence-corrected chi connectivity index (χ4v) is 1.80. The molecule has 0 aromatic heterocycles. The molecule has 19 heavy (non-hydrogen) atoms. The highest BCUT2D eigenvalue weighted by Gasteiger charge is 2.41. The molecule has 0 amide bonds. The van der Waals surface area contributed by atoms with Crippen molar-refractivity contribution in [3.63, 3.8) is 0 Å². The SMILES string of the molecule is CCC/C=C/C(C)(C)C(C(=O)OCC)C(=O)OCC. The summed E-state index contributed by atoms with van der Waals surface area (Å²) < 4.78 is 9.98. The number of rotatable bonds is 8. The lowest BCUT2D eigenvalue weighted by molar-refractivity contribution is -0.165. The van der Waals surface area contributed by atoms with Crippen molar-refractivity contribution < 1.29 is 19.1 Å². The normalized spacial score (nSPS) is 11.9. The molecule has 0 radical (unpaired) electrons. The highest BCUT2D eigenvalue weighted by Crippen LogP contribution is 2.31. The van der Waals surface area contributed by atoms with Gasteiger partial charge in [-0.2, -0.15) is 0 Å². The molecule has 0 spiro atoms. The van der Waals surface area contributed by atoms with Gasteiger partial charge in [0.15, 0.2) is 5.92 Å². The Balaban J connectivity index is 5.09. The van der Waals surface area contributed by atoms with Crippen molar-refractivity contribution in [2.75, 3.05) is 13.2 Å². The lowest BCUT2D eigenvalue weighted by atomic mass is 9.78. The lowest BCUT2D eigenvalue weighted by Gasteiger charge is -2.28. The summed E-state index contributed by atoms with van der Waals surface area (Å²) in [5.41, 5.74) is -0.617. The van der Waals surface area contributed by atoms with Crippen molar-refractivity contribution in [3.8, 4) is 0 Å². The summed E-state index contributed by atoms with van der Waals surface area (Å²) in [6, 6.07) is 0. The molecule has 0 N–H and O–H groups in total. The molecule has 0 atom stereocenters. The maximum Gasteiger partial charge on any atom is 0.321 e. The molecule has 0 aliphatic carbocycles. The zero-order valence-corrected chi connectivity index (χ0v) is 12.7. The Kier molecular flexibility index (Phi) is 8.12. The van der Waals surface area contributed by atoms with Crippen LogP contribution < -0.4 is 0 Å². The number of ether oxygens (including phenoxy) is 2. The van der Waals surface area contributed by atoms with Gasteiger partial charge in [0.25, 0.3) is 0 Å². The van der Waals surface area contributed by atoms with Gasteiger partial charge in [0, 0.05) is 5.41 Å². The molecular weight excluding hydrogens is 244 g/mol. The van der Waals surface area contributed by atoms with Crippen LogP contribution >= 0.6 is 0 Å². The smallest absolute Gasteiger partial charge is 0.321 e. The average Bonchev–Trinajstić information content (AvgIpc) is 2.29. The molecule has 0 aliphatic rings. The van der Waals surface area contributed by atoms with Crippen LogP contribution in [0.1, 0.15) is 47.5 Å². The van der Waals surface area contributed by atoms with Crippen LogP contribution in [0.25, 0.3) is 0 Å². The van der Waals surface area contributed by atoms with Crippen LogP contribution in [0.4, 0.5) is 0 Å². The van der Waals surface area contributed by atoms with Gasteiger partial charge >= 0.3 is 11.9 Å². The first-order chi connectivity index (χ1) is 8.90. The van der Waals surface area contributed by atoms with E-state index in [1.54, 1.807) is 13.8 Å². The van der Waals surface area contributed by atoms with Crippen molar-refractivity contribution in [1.82, 2.24) is 0 Å². The van der Waals surface area contributed by atoms with Crippen LogP contribution in [0.15, 0.2) is 12.2 Å². The quantitative estimate of drug-likeness (QED) is 0.386. The van der Waals surface area contributed by atoms with Crippen LogP contribution in [0, 0.1) is 11.3 Å². The lowest BCUT2D eigenvalue weighted by Crippen LogP contribution is -2.38. The van der Waals surface area contributed by atoms with E-state index in [9.17, 15) is 9.59 Å². The molecule has 0 rings (SSSR count). The van der Waals surface area contributed by atoms with Crippen LogP contribution in [0.2, 0.25) is 0 Å². The zero-order chi connectivity index (χ0) is 14.9. The minimum atomic E-state index is -0.916. The Morgan fingerprint density at radius 2 is 1.53 bits per heavy atom. The van der Waals surface area contributed by atoms with Crippen LogP contribution in [0.5, 0.6) is 0 Å². The second kappa shape index (κ2) is 8.73. The third kappa shape index (κ3) is 5.90. The highest BCUT2D eigenvalue weighted by molar-refractivity contribution is 5.96. The number of carbonyl (C=O) groups excluding carboxylic acids is 2. The standard InChI is InChI=1S/C15H26O4/c1-6-9-10-11-15(4,5)12(13(16)18-7-2)14(17)19-8-3/h10-12H,6-9H2,1-5H3/b11-10+. The van der Waals surface area contributed by atoms with E-state index in [0.717, 1.165) is 12.8 Å². The molecule has 110 valence electrons. The van der Waals surface area contributed by atoms with Crippen molar-refractivity contribution in [3.05, 3.63) is 12.2 Å². The molecule has 0 saturated heterocycles. The van der Waals surface area contributed by atoms with Crippen LogP contribution in [-0.2, 0) is 19.1 Å². The summed E-state index contributed by atoms with van der Waals surface area (Å²) in [5, 5.41) is 0. The molecule has 0 saturated carbocycles. The summed E-state index contributed by atoms with van der Waals surface area (Å²) in [5.74, 6) is -1.96. The average molecular weight is 270 g/mol. The monoisotopic (exact) mass is 270 g/mol. The van der Waals surface area contributed by atoms with Crippen molar-refractivity contribution >= 4 is 11.9 Å². The summed E-state index contributed by atoms with van der Waals surface area (Å²) >= 11 is 0. The maximum absolute atomic E-state index is 12.0. The Morgan fingerprint density at radius 1 is 1.05 bits per heavy atom. The number of unbranched alkanes of at least 4 members (excludes halogenated alkanes) is 1. The Hall–Kier alpha value is -1.32. The molecule has 0 aromatic carbocycles. The highest BCUT2D eigenvalue weighted by atomic mass is 16.6. The third-order valence-electron chi connectivity index (χ3n) is 2.79. The number of hydrogen-bond acceptors (Lipinski definition) is 4. The van der Waals surface area contributed by atoms with Gasteiger partial charge < -0.3 is 9.47 Å². The van der Waals surface area contributed by atoms with Gasteiger partial charge in [-0.25, -0.2) is 0 Å². The number of allylic oxidation sites excluding steroid dienone is 2. The van der Waals surface area contributed by atoms with E-state index >= 15 is 0 Å². The van der Waals surface area contributed by atoms with Crippen LogP contribution in [0.3, 0.4) is 0 Å². The second-order valence-corrected chi connectivity index (χ2v) is 4.95. The summed E-state index contributed by atoms with van der Waals surface area (Å²) in [6.07, 6.45) is 5.83. The fourth-order valence-electron chi connectivity index (χ4n) is 1.80. The first-order valence-electron chi connectivity index (χ1n) is 6.91. The number of hydrogen-bond donors (Lipinski definition) is 0. The summed E-state index contributed by atoms with van der Waals surface area (Å²) in [4.78, 5) is 24.0. The van der Waals surface area contributed by atoms with Gasteiger partial charge in [-0.3, -0.25) is 9.59 Å². The van der Waals surface area contributed by atoms with E-state index in [1.165, 1.54) is 0 Å². The first kappa shape index (κ1) is 17.7. The molecule has 0 unspecified atom stereocenters. The molecular formula is C15H26O4. The predicted molar refractivity (Wildman–Crippen MR) is 74.6 cm³/mol. The largest absolute Gasteiger partial charge is 0.465 e. The zero-order valence-electron chi connectivity index (χ0n) is 12.7. The van der Waals surface area contributed by atoms with Gasteiger partial charge in [-0.05, 0) is 20.3 Å². The molecule has 0 heterocycles. The molecule has 4 heteroatoms. The first-order valence-corrected chi connectivity index (χ1v) is 6.91. The minimum absolute atomic E-state index is 0.253. The topological polar surface area (TPSA) is 52.6 Å². The second-order valence-electron chi connectivity index (χ2n) is 4.95. The van der Waals surface area contributed by atoms with Gasteiger partial charge in [0.05, 0.1) is 13.2 Å². The third-order valence-corrected chi connectivity index (χ3v) is 2.79. The predicted octanol–water partition coefficient (Wildman–Crippen LogP) is 3.11. The Bertz CT molecular complexity index is 300. The minimum Gasteiger partial charge on any atom is -0.465 e. The Morgan fingerprint density at radius 3 is 1.89 bits per heavy atom. The van der Waals surface area contributed by atoms with Gasteiger partial charge in [0.1, 0.15) is 0 Å².